The van der Waals surface area contributed by atoms with Gasteiger partial charge in [-0.2, -0.15) is 0 Å². The molecule has 0 atom stereocenters. The Bertz CT molecular complexity index is 840. The van der Waals surface area contributed by atoms with Crippen molar-refractivity contribution in [2.45, 2.75) is 39.5 Å². The second-order valence-electron chi connectivity index (χ2n) is 7.59. The number of rotatable bonds is 2. The quantitative estimate of drug-likeness (QED) is 0.684. The van der Waals surface area contributed by atoms with E-state index in [0.717, 1.165) is 59.2 Å². The van der Waals surface area contributed by atoms with Crippen LogP contribution in [0.4, 0.5) is 10.3 Å². The van der Waals surface area contributed by atoms with Crippen LogP contribution in [0.25, 0.3) is 4.96 Å². The Morgan fingerprint density at radius 3 is 2.32 bits per heavy atom. The van der Waals surface area contributed by atoms with Crippen LogP contribution in [0.5, 0.6) is 0 Å². The Hall–Kier alpha value is -1.67. The Morgan fingerprint density at radius 1 is 1.00 bits per heavy atom. The summed E-state index contributed by atoms with van der Waals surface area (Å²) in [6, 6.07) is 0. The number of fused-ring (bicyclic) bond motifs is 1. The first-order chi connectivity index (χ1) is 11.9. The average Bonchev–Trinajstić information content (AvgIpc) is 3.17. The largest absolute Gasteiger partial charge is 0.346 e. The zero-order chi connectivity index (χ0) is 17.6. The van der Waals surface area contributed by atoms with Crippen LogP contribution < -0.4 is 9.80 Å². The second kappa shape index (κ2) is 6.25. The third-order valence-corrected chi connectivity index (χ3v) is 6.45. The summed E-state index contributed by atoms with van der Waals surface area (Å²) in [7, 11) is 0. The lowest BCUT2D eigenvalue weighted by molar-refractivity contribution is 0.572. The van der Waals surface area contributed by atoms with Crippen LogP contribution in [-0.2, 0) is 5.41 Å². The van der Waals surface area contributed by atoms with Crippen molar-refractivity contribution >= 4 is 37.9 Å². The topological polar surface area (TPSA) is 49.6 Å². The van der Waals surface area contributed by atoms with Gasteiger partial charge >= 0.3 is 0 Å². The lowest BCUT2D eigenvalue weighted by Gasteiger charge is -2.20. The molecule has 0 aromatic carbocycles. The van der Waals surface area contributed by atoms with Crippen molar-refractivity contribution in [1.82, 2.24) is 19.6 Å². The molecule has 1 saturated heterocycles. The highest BCUT2D eigenvalue weighted by atomic mass is 32.1. The van der Waals surface area contributed by atoms with Crippen molar-refractivity contribution in [2.24, 2.45) is 0 Å². The van der Waals surface area contributed by atoms with Crippen LogP contribution >= 0.6 is 22.7 Å². The summed E-state index contributed by atoms with van der Waals surface area (Å²) >= 11 is 3.43. The molecule has 0 saturated carbocycles. The van der Waals surface area contributed by atoms with E-state index >= 15 is 0 Å². The molecule has 0 unspecified atom stereocenters. The fourth-order valence-corrected chi connectivity index (χ4v) is 4.76. The lowest BCUT2D eigenvalue weighted by atomic mass is 9.93. The second-order valence-corrected chi connectivity index (χ2v) is 9.36. The van der Waals surface area contributed by atoms with E-state index in [9.17, 15) is 0 Å². The van der Waals surface area contributed by atoms with Gasteiger partial charge in [0.15, 0.2) is 5.13 Å². The molecule has 134 valence electrons. The molecule has 1 aliphatic heterocycles. The van der Waals surface area contributed by atoms with Crippen LogP contribution in [0.15, 0.2) is 11.6 Å². The maximum atomic E-state index is 4.78. The minimum Gasteiger partial charge on any atom is -0.346 e. The molecule has 1 fully saturated rings. The minimum atomic E-state index is 0.0581. The molecular formula is C17H24N6S2. The van der Waals surface area contributed by atoms with Crippen molar-refractivity contribution in [3.8, 4) is 0 Å². The Labute approximate surface area is 156 Å². The molecule has 0 spiro atoms. The predicted octanol–water partition coefficient (Wildman–Crippen LogP) is 3.57. The molecule has 25 heavy (non-hydrogen) atoms. The molecule has 1 aliphatic rings. The molecule has 8 heteroatoms. The van der Waals surface area contributed by atoms with Crippen molar-refractivity contribution in [3.05, 3.63) is 23.0 Å². The third-order valence-electron chi connectivity index (χ3n) is 4.44. The molecule has 3 aromatic heterocycles. The normalized spacial score (nSPS) is 16.6. The van der Waals surface area contributed by atoms with E-state index in [4.69, 9.17) is 10.1 Å². The molecule has 6 nitrogen and oxygen atoms in total. The van der Waals surface area contributed by atoms with E-state index in [1.165, 1.54) is 0 Å². The number of aryl methyl sites for hydroxylation is 1. The summed E-state index contributed by atoms with van der Waals surface area (Å²) in [5, 5.41) is 9.12. The highest BCUT2D eigenvalue weighted by Crippen LogP contribution is 2.29. The van der Waals surface area contributed by atoms with E-state index in [1.54, 1.807) is 22.7 Å². The first-order valence-electron chi connectivity index (χ1n) is 8.69. The van der Waals surface area contributed by atoms with Gasteiger partial charge in [0.2, 0.25) is 10.1 Å². The van der Waals surface area contributed by atoms with Crippen LogP contribution in [0.1, 0.15) is 38.6 Å². The summed E-state index contributed by atoms with van der Waals surface area (Å²) in [5.74, 6) is 0. The van der Waals surface area contributed by atoms with Gasteiger partial charge in [-0.15, -0.1) is 16.4 Å². The standard InChI is InChI=1S/C17H24N6S2/c1-12-11-24-14(18-12)21-6-5-7-22(9-8-21)16-20-23-10-13(17(2,3)4)19-15(23)25-16/h10-11H,5-9H2,1-4H3. The SMILES string of the molecule is Cc1csc(N2CCCN(c3nn4cc(C(C)(C)C)nc4s3)CC2)n1. The van der Waals surface area contributed by atoms with E-state index in [1.807, 2.05) is 4.52 Å². The molecule has 0 amide bonds. The molecule has 3 aromatic rings. The maximum absolute atomic E-state index is 4.78. The summed E-state index contributed by atoms with van der Waals surface area (Å²) in [6.45, 7) is 12.7. The number of anilines is 2. The van der Waals surface area contributed by atoms with Gasteiger partial charge in [0.25, 0.3) is 0 Å². The predicted molar refractivity (Wildman–Crippen MR) is 105 cm³/mol. The highest BCUT2D eigenvalue weighted by molar-refractivity contribution is 7.20. The number of aromatic nitrogens is 4. The van der Waals surface area contributed by atoms with Crippen LogP contribution in [0.3, 0.4) is 0 Å². The van der Waals surface area contributed by atoms with Crippen LogP contribution in [-0.4, -0.2) is 45.8 Å². The van der Waals surface area contributed by atoms with Gasteiger partial charge in [-0.1, -0.05) is 32.1 Å². The zero-order valence-electron chi connectivity index (χ0n) is 15.2. The van der Waals surface area contributed by atoms with Crippen molar-refractivity contribution in [3.63, 3.8) is 0 Å². The fraction of sp³-hybridized carbons (Fsp3) is 0.588. The first kappa shape index (κ1) is 16.8. The highest BCUT2D eigenvalue weighted by Gasteiger charge is 2.22. The summed E-state index contributed by atoms with van der Waals surface area (Å²) in [5.41, 5.74) is 2.26. The zero-order valence-corrected chi connectivity index (χ0v) is 16.8. The van der Waals surface area contributed by atoms with Crippen LogP contribution in [0, 0.1) is 6.92 Å². The van der Waals surface area contributed by atoms with Gasteiger partial charge < -0.3 is 9.80 Å². The smallest absolute Gasteiger partial charge is 0.214 e. The van der Waals surface area contributed by atoms with Gasteiger partial charge in [-0.05, 0) is 13.3 Å². The van der Waals surface area contributed by atoms with E-state index in [2.05, 4.69) is 54.1 Å². The summed E-state index contributed by atoms with van der Waals surface area (Å²) in [6.07, 6.45) is 3.19. The number of nitrogens with zero attached hydrogens (tertiary/aromatic N) is 6. The molecular weight excluding hydrogens is 352 g/mol. The Kier molecular flexibility index (Phi) is 4.19. The van der Waals surface area contributed by atoms with Crippen molar-refractivity contribution < 1.29 is 0 Å². The van der Waals surface area contributed by atoms with Crippen LogP contribution in [0.2, 0.25) is 0 Å². The van der Waals surface area contributed by atoms with Gasteiger partial charge in [0.05, 0.1) is 17.6 Å². The molecule has 0 aliphatic carbocycles. The molecule has 0 N–H and O–H groups in total. The van der Waals surface area contributed by atoms with Crippen molar-refractivity contribution in [1.29, 1.82) is 0 Å². The van der Waals surface area contributed by atoms with Gasteiger partial charge in [-0.25, -0.2) is 14.5 Å². The monoisotopic (exact) mass is 376 g/mol. The summed E-state index contributed by atoms with van der Waals surface area (Å²) in [4.78, 5) is 15.2. The van der Waals surface area contributed by atoms with Gasteiger partial charge in [0, 0.05) is 37.0 Å². The third kappa shape index (κ3) is 3.37. The van der Waals surface area contributed by atoms with Crippen molar-refractivity contribution in [2.75, 3.05) is 36.0 Å². The minimum absolute atomic E-state index is 0.0581. The van der Waals surface area contributed by atoms with E-state index < -0.39 is 0 Å². The molecule has 0 bridgehead atoms. The average molecular weight is 377 g/mol. The lowest BCUT2D eigenvalue weighted by Crippen LogP contribution is -2.30. The molecule has 4 heterocycles. The number of thiazole rings is 1. The molecule has 4 rings (SSSR count). The fourth-order valence-electron chi connectivity index (χ4n) is 2.97. The van der Waals surface area contributed by atoms with Gasteiger partial charge in [-0.3, -0.25) is 0 Å². The first-order valence-corrected chi connectivity index (χ1v) is 10.4. The van der Waals surface area contributed by atoms with Gasteiger partial charge in [0.1, 0.15) is 0 Å². The molecule has 0 radical (unpaired) electrons. The number of hydrogen-bond acceptors (Lipinski definition) is 7. The Balaban J connectivity index is 1.50. The maximum Gasteiger partial charge on any atom is 0.214 e. The van der Waals surface area contributed by atoms with E-state index in [0.29, 0.717) is 0 Å². The number of hydrogen-bond donors (Lipinski definition) is 0. The Morgan fingerprint density at radius 2 is 1.72 bits per heavy atom. The number of imidazole rings is 1. The van der Waals surface area contributed by atoms with E-state index in [-0.39, 0.29) is 5.41 Å². The summed E-state index contributed by atoms with van der Waals surface area (Å²) < 4.78 is 1.94.